The molecule has 0 aliphatic carbocycles. The second-order valence-electron chi connectivity index (χ2n) is 3.64. The van der Waals surface area contributed by atoms with E-state index in [1.807, 2.05) is 25.4 Å². The fourth-order valence-corrected chi connectivity index (χ4v) is 1.59. The minimum absolute atomic E-state index is 0.721. The van der Waals surface area contributed by atoms with E-state index in [0.29, 0.717) is 0 Å². The van der Waals surface area contributed by atoms with Gasteiger partial charge >= 0.3 is 0 Å². The Morgan fingerprint density at radius 1 is 1.12 bits per heavy atom. The maximum Gasteiger partial charge on any atom is 0.276 e. The first kappa shape index (κ1) is 12.9. The molecule has 0 radical (unpaired) electrons. The summed E-state index contributed by atoms with van der Waals surface area (Å²) in [6.45, 7) is 3.19. The molecule has 0 unspecified atom stereocenters. The SMILES string of the molecule is COCCN(CCOC)c1cccc[n+]1C. The number of hydrogen-bond donors (Lipinski definition) is 0. The van der Waals surface area contributed by atoms with Gasteiger partial charge in [0.05, 0.1) is 26.5 Å². The summed E-state index contributed by atoms with van der Waals surface area (Å²) in [5.41, 5.74) is 0. The van der Waals surface area contributed by atoms with Gasteiger partial charge in [-0.05, 0) is 6.07 Å². The van der Waals surface area contributed by atoms with E-state index in [1.165, 1.54) is 5.82 Å². The lowest BCUT2D eigenvalue weighted by molar-refractivity contribution is -0.659. The highest BCUT2D eigenvalue weighted by Crippen LogP contribution is 2.06. The summed E-state index contributed by atoms with van der Waals surface area (Å²) >= 11 is 0. The molecule has 16 heavy (non-hydrogen) atoms. The highest BCUT2D eigenvalue weighted by atomic mass is 16.5. The summed E-state index contributed by atoms with van der Waals surface area (Å²) in [5.74, 6) is 1.18. The fourth-order valence-electron chi connectivity index (χ4n) is 1.59. The molecular formula is C12H21N2O2+. The van der Waals surface area contributed by atoms with E-state index in [4.69, 9.17) is 9.47 Å². The van der Waals surface area contributed by atoms with Crippen LogP contribution in [0.1, 0.15) is 0 Å². The molecule has 1 aromatic rings. The zero-order valence-corrected chi connectivity index (χ0v) is 10.3. The van der Waals surface area contributed by atoms with Crippen LogP contribution in [0.5, 0.6) is 0 Å². The topological polar surface area (TPSA) is 25.6 Å². The minimum Gasteiger partial charge on any atom is -0.381 e. The van der Waals surface area contributed by atoms with Gasteiger partial charge < -0.3 is 9.47 Å². The molecule has 0 atom stereocenters. The van der Waals surface area contributed by atoms with E-state index in [0.717, 1.165) is 26.3 Å². The molecule has 1 heterocycles. The van der Waals surface area contributed by atoms with E-state index >= 15 is 0 Å². The van der Waals surface area contributed by atoms with E-state index in [1.54, 1.807) is 14.2 Å². The van der Waals surface area contributed by atoms with Gasteiger partial charge in [0.1, 0.15) is 13.1 Å². The molecule has 0 amide bonds. The van der Waals surface area contributed by atoms with Gasteiger partial charge in [0.15, 0.2) is 0 Å². The van der Waals surface area contributed by atoms with Gasteiger partial charge in [-0.2, -0.15) is 0 Å². The van der Waals surface area contributed by atoms with Gasteiger partial charge in [0, 0.05) is 20.3 Å². The molecule has 0 N–H and O–H groups in total. The Morgan fingerprint density at radius 2 is 1.75 bits per heavy atom. The second-order valence-corrected chi connectivity index (χ2v) is 3.64. The predicted octanol–water partition coefficient (Wildman–Crippen LogP) is 0.610. The molecule has 4 nitrogen and oxygen atoms in total. The smallest absolute Gasteiger partial charge is 0.276 e. The first-order valence-electron chi connectivity index (χ1n) is 5.47. The number of aromatic nitrogens is 1. The van der Waals surface area contributed by atoms with Crippen LogP contribution in [0.2, 0.25) is 0 Å². The van der Waals surface area contributed by atoms with Crippen LogP contribution in [0.3, 0.4) is 0 Å². The zero-order chi connectivity index (χ0) is 11.8. The molecule has 0 aliphatic rings. The van der Waals surface area contributed by atoms with Crippen LogP contribution in [0.15, 0.2) is 24.4 Å². The van der Waals surface area contributed by atoms with E-state index in [2.05, 4.69) is 15.5 Å². The lowest BCUT2D eigenvalue weighted by atomic mass is 10.4. The molecule has 0 aliphatic heterocycles. The highest BCUT2D eigenvalue weighted by molar-refractivity contribution is 5.32. The number of aryl methyl sites for hydroxylation is 1. The predicted molar refractivity (Wildman–Crippen MR) is 63.6 cm³/mol. The Balaban J connectivity index is 2.70. The lowest BCUT2D eigenvalue weighted by Crippen LogP contribution is -2.41. The first-order chi connectivity index (χ1) is 7.79. The standard InChI is InChI=1S/C12H21N2O2/c1-13-7-5-4-6-12(13)14(8-10-15-2)9-11-16-3/h4-7H,8-11H2,1-3H3/q+1. The molecule has 1 aromatic heterocycles. The molecule has 1 rings (SSSR count). The maximum absolute atomic E-state index is 5.12. The van der Waals surface area contributed by atoms with Gasteiger partial charge in [-0.25, -0.2) is 4.57 Å². The summed E-state index contributed by atoms with van der Waals surface area (Å²) in [4.78, 5) is 2.26. The van der Waals surface area contributed by atoms with Crippen LogP contribution >= 0.6 is 0 Å². The van der Waals surface area contributed by atoms with Crippen molar-refractivity contribution in [2.24, 2.45) is 7.05 Å². The van der Waals surface area contributed by atoms with Crippen molar-refractivity contribution in [2.75, 3.05) is 45.4 Å². The molecule has 90 valence electrons. The first-order valence-corrected chi connectivity index (χ1v) is 5.47. The molecule has 4 heteroatoms. The zero-order valence-electron chi connectivity index (χ0n) is 10.3. The summed E-state index contributed by atoms with van der Waals surface area (Å²) in [7, 11) is 5.49. The molecule has 0 saturated carbocycles. The molecule has 0 saturated heterocycles. The van der Waals surface area contributed by atoms with E-state index < -0.39 is 0 Å². The Hall–Kier alpha value is -1.13. The van der Waals surface area contributed by atoms with Crippen molar-refractivity contribution >= 4 is 5.82 Å². The van der Waals surface area contributed by atoms with Crippen molar-refractivity contribution in [2.45, 2.75) is 0 Å². The number of anilines is 1. The monoisotopic (exact) mass is 225 g/mol. The molecule has 0 aromatic carbocycles. The van der Waals surface area contributed by atoms with Crippen molar-refractivity contribution in [1.82, 2.24) is 0 Å². The van der Waals surface area contributed by atoms with E-state index in [9.17, 15) is 0 Å². The quantitative estimate of drug-likeness (QED) is 0.636. The van der Waals surface area contributed by atoms with E-state index in [-0.39, 0.29) is 0 Å². The Kier molecular flexibility index (Phi) is 5.82. The number of pyridine rings is 1. The molecule has 0 bridgehead atoms. The Morgan fingerprint density at radius 3 is 2.25 bits per heavy atom. The number of rotatable bonds is 7. The van der Waals surface area contributed by atoms with Crippen LogP contribution < -0.4 is 9.47 Å². The Bertz CT molecular complexity index is 297. The average Bonchev–Trinajstić information content (AvgIpc) is 2.31. The number of methoxy groups -OCH3 is 2. The van der Waals surface area contributed by atoms with Gasteiger partial charge in [0.2, 0.25) is 0 Å². The fraction of sp³-hybridized carbons (Fsp3) is 0.583. The average molecular weight is 225 g/mol. The lowest BCUT2D eigenvalue weighted by Gasteiger charge is -2.17. The van der Waals surface area contributed by atoms with Crippen LogP contribution in [-0.2, 0) is 16.5 Å². The minimum atomic E-state index is 0.721. The van der Waals surface area contributed by atoms with Gasteiger partial charge in [0.25, 0.3) is 5.82 Å². The van der Waals surface area contributed by atoms with Gasteiger partial charge in [-0.15, -0.1) is 0 Å². The number of hydrogen-bond acceptors (Lipinski definition) is 3. The van der Waals surface area contributed by atoms with Crippen molar-refractivity contribution in [3.05, 3.63) is 24.4 Å². The summed E-state index contributed by atoms with van der Waals surface area (Å²) < 4.78 is 12.3. The normalized spacial score (nSPS) is 10.4. The van der Waals surface area contributed by atoms with Crippen LogP contribution in [0.25, 0.3) is 0 Å². The molecule has 0 fully saturated rings. The van der Waals surface area contributed by atoms with Crippen molar-refractivity contribution in [3.63, 3.8) is 0 Å². The number of ether oxygens (including phenoxy) is 2. The van der Waals surface area contributed by atoms with Crippen LogP contribution in [0, 0.1) is 0 Å². The third-order valence-electron chi connectivity index (χ3n) is 2.48. The van der Waals surface area contributed by atoms with Crippen molar-refractivity contribution < 1.29 is 14.0 Å². The van der Waals surface area contributed by atoms with Crippen molar-refractivity contribution in [3.8, 4) is 0 Å². The van der Waals surface area contributed by atoms with Gasteiger partial charge in [-0.1, -0.05) is 6.07 Å². The molecule has 0 spiro atoms. The third-order valence-corrected chi connectivity index (χ3v) is 2.48. The summed E-state index contributed by atoms with van der Waals surface area (Å²) in [6.07, 6.45) is 2.04. The maximum atomic E-state index is 5.12. The molecular weight excluding hydrogens is 204 g/mol. The summed E-state index contributed by atoms with van der Waals surface area (Å²) in [5, 5.41) is 0. The summed E-state index contributed by atoms with van der Waals surface area (Å²) in [6, 6.07) is 6.17. The third kappa shape index (κ3) is 3.79. The second kappa shape index (κ2) is 7.19. The Labute approximate surface area is 97.4 Å². The largest absolute Gasteiger partial charge is 0.381 e. The van der Waals surface area contributed by atoms with Crippen LogP contribution in [-0.4, -0.2) is 40.5 Å². The van der Waals surface area contributed by atoms with Gasteiger partial charge in [-0.3, -0.25) is 4.90 Å². The highest BCUT2D eigenvalue weighted by Gasteiger charge is 2.16. The van der Waals surface area contributed by atoms with Crippen molar-refractivity contribution in [1.29, 1.82) is 0 Å². The number of nitrogens with zero attached hydrogens (tertiary/aromatic N) is 2. The van der Waals surface area contributed by atoms with Crippen LogP contribution in [0.4, 0.5) is 5.82 Å².